The number of fused-ring (bicyclic) bond motifs is 1. The molecule has 0 fully saturated rings. The van der Waals surface area contributed by atoms with E-state index >= 15 is 0 Å². The van der Waals surface area contributed by atoms with Gasteiger partial charge in [0.1, 0.15) is 0 Å². The maximum Gasteiger partial charge on any atom is 0.417 e. The maximum absolute atomic E-state index is 11.1. The molecular formula is C15H14N2O2. The van der Waals surface area contributed by atoms with Crippen molar-refractivity contribution in [3.63, 3.8) is 0 Å². The Bertz CT molecular complexity index is 771. The molecule has 0 aliphatic rings. The van der Waals surface area contributed by atoms with Crippen LogP contribution in [0.5, 0.6) is 0 Å². The lowest BCUT2D eigenvalue weighted by Gasteiger charge is -2.04. The summed E-state index contributed by atoms with van der Waals surface area (Å²) < 4.78 is 4.98. The van der Waals surface area contributed by atoms with E-state index in [0.29, 0.717) is 12.1 Å². The summed E-state index contributed by atoms with van der Waals surface area (Å²) in [7, 11) is 0. The first kappa shape index (κ1) is 11.7. The molecule has 0 bridgehead atoms. The third-order valence-corrected chi connectivity index (χ3v) is 3.12. The van der Waals surface area contributed by atoms with Crippen molar-refractivity contribution in [3.05, 3.63) is 69.7 Å². The minimum absolute atomic E-state index is 0.419. The Hall–Kier alpha value is -2.33. The summed E-state index contributed by atoms with van der Waals surface area (Å²) >= 11 is 0. The average molecular weight is 254 g/mol. The van der Waals surface area contributed by atoms with Crippen molar-refractivity contribution >= 4 is 11.1 Å². The first-order chi connectivity index (χ1) is 9.24. The Kier molecular flexibility index (Phi) is 2.93. The van der Waals surface area contributed by atoms with Gasteiger partial charge in [0.15, 0.2) is 5.58 Å². The number of H-pyrrole nitrogens is 1. The van der Waals surface area contributed by atoms with Crippen molar-refractivity contribution in [1.82, 2.24) is 4.98 Å². The second-order valence-electron chi connectivity index (χ2n) is 4.55. The molecule has 1 heterocycles. The van der Waals surface area contributed by atoms with E-state index in [0.717, 1.165) is 23.1 Å². The smallest absolute Gasteiger partial charge is 0.408 e. The van der Waals surface area contributed by atoms with E-state index in [2.05, 4.69) is 17.1 Å². The highest BCUT2D eigenvalue weighted by Crippen LogP contribution is 2.16. The van der Waals surface area contributed by atoms with Crippen LogP contribution in [0.3, 0.4) is 0 Å². The lowest BCUT2D eigenvalue weighted by Crippen LogP contribution is -1.97. The highest BCUT2D eigenvalue weighted by Gasteiger charge is 2.03. The second-order valence-corrected chi connectivity index (χ2v) is 4.55. The van der Waals surface area contributed by atoms with Crippen LogP contribution in [0, 0.1) is 0 Å². The molecule has 0 spiro atoms. The van der Waals surface area contributed by atoms with Crippen LogP contribution in [-0.4, -0.2) is 4.98 Å². The molecule has 3 N–H and O–H groups in total. The van der Waals surface area contributed by atoms with Crippen LogP contribution in [0.25, 0.3) is 11.1 Å². The van der Waals surface area contributed by atoms with Gasteiger partial charge in [-0.05, 0) is 35.2 Å². The largest absolute Gasteiger partial charge is 0.417 e. The SMILES string of the molecule is NCc1cccc(Cc2ccc3oc(=O)[nH]c3c2)c1. The van der Waals surface area contributed by atoms with Crippen molar-refractivity contribution in [1.29, 1.82) is 0 Å². The number of oxazole rings is 1. The first-order valence-electron chi connectivity index (χ1n) is 6.14. The first-order valence-corrected chi connectivity index (χ1v) is 6.14. The van der Waals surface area contributed by atoms with Crippen molar-refractivity contribution in [3.8, 4) is 0 Å². The number of nitrogens with two attached hydrogens (primary N) is 1. The fourth-order valence-corrected chi connectivity index (χ4v) is 2.21. The average Bonchev–Trinajstić information content (AvgIpc) is 2.78. The lowest BCUT2D eigenvalue weighted by molar-refractivity contribution is 0.555. The van der Waals surface area contributed by atoms with Crippen LogP contribution < -0.4 is 11.5 Å². The Morgan fingerprint density at radius 2 is 1.84 bits per heavy atom. The second kappa shape index (κ2) is 4.74. The summed E-state index contributed by atoms with van der Waals surface area (Å²) in [6, 6.07) is 13.9. The molecule has 19 heavy (non-hydrogen) atoms. The molecule has 3 rings (SSSR count). The minimum atomic E-state index is -0.419. The minimum Gasteiger partial charge on any atom is -0.408 e. The molecule has 2 aromatic carbocycles. The number of hydrogen-bond acceptors (Lipinski definition) is 3. The van der Waals surface area contributed by atoms with E-state index in [-0.39, 0.29) is 0 Å². The number of aromatic amines is 1. The summed E-state index contributed by atoms with van der Waals surface area (Å²) in [4.78, 5) is 13.8. The van der Waals surface area contributed by atoms with Crippen LogP contribution in [-0.2, 0) is 13.0 Å². The van der Waals surface area contributed by atoms with Gasteiger partial charge < -0.3 is 10.2 Å². The van der Waals surface area contributed by atoms with E-state index in [1.54, 1.807) is 0 Å². The van der Waals surface area contributed by atoms with Gasteiger partial charge in [-0.25, -0.2) is 4.79 Å². The molecule has 3 aromatic rings. The highest BCUT2D eigenvalue weighted by atomic mass is 16.4. The van der Waals surface area contributed by atoms with Gasteiger partial charge >= 0.3 is 5.76 Å². The third kappa shape index (κ3) is 2.44. The number of benzene rings is 2. The van der Waals surface area contributed by atoms with Gasteiger partial charge in [0, 0.05) is 6.54 Å². The lowest BCUT2D eigenvalue weighted by atomic mass is 10.0. The monoisotopic (exact) mass is 254 g/mol. The van der Waals surface area contributed by atoms with Crippen LogP contribution in [0.4, 0.5) is 0 Å². The molecule has 0 amide bonds. The van der Waals surface area contributed by atoms with Gasteiger partial charge in [0.25, 0.3) is 0 Å². The zero-order chi connectivity index (χ0) is 13.2. The molecule has 0 aliphatic carbocycles. The topological polar surface area (TPSA) is 72.0 Å². The van der Waals surface area contributed by atoms with Gasteiger partial charge in [0.05, 0.1) is 5.52 Å². The van der Waals surface area contributed by atoms with Gasteiger partial charge in [0.2, 0.25) is 0 Å². The molecule has 4 nitrogen and oxygen atoms in total. The maximum atomic E-state index is 11.1. The Labute approximate surface area is 109 Å². The van der Waals surface area contributed by atoms with Crippen LogP contribution >= 0.6 is 0 Å². The molecule has 0 radical (unpaired) electrons. The number of aromatic nitrogens is 1. The number of nitrogens with one attached hydrogen (secondary N) is 1. The van der Waals surface area contributed by atoms with Gasteiger partial charge in [-0.3, -0.25) is 4.98 Å². The Balaban J connectivity index is 1.93. The molecule has 0 saturated heterocycles. The predicted molar refractivity (Wildman–Crippen MR) is 74.0 cm³/mol. The van der Waals surface area contributed by atoms with E-state index in [1.165, 1.54) is 5.56 Å². The normalized spacial score (nSPS) is 11.0. The molecule has 96 valence electrons. The summed E-state index contributed by atoms with van der Waals surface area (Å²) in [6.07, 6.45) is 0.803. The molecule has 0 saturated carbocycles. The molecular weight excluding hydrogens is 240 g/mol. The van der Waals surface area contributed by atoms with Crippen molar-refractivity contribution in [2.45, 2.75) is 13.0 Å². The number of rotatable bonds is 3. The Morgan fingerprint density at radius 1 is 1.05 bits per heavy atom. The zero-order valence-electron chi connectivity index (χ0n) is 10.3. The van der Waals surface area contributed by atoms with Crippen molar-refractivity contribution < 1.29 is 4.42 Å². The predicted octanol–water partition coefficient (Wildman–Crippen LogP) is 2.17. The van der Waals surface area contributed by atoms with Crippen molar-refractivity contribution in [2.75, 3.05) is 0 Å². The highest BCUT2D eigenvalue weighted by molar-refractivity contribution is 5.72. The fraction of sp³-hybridized carbons (Fsp3) is 0.133. The van der Waals surface area contributed by atoms with E-state index in [1.807, 2.05) is 30.3 Å². The number of hydrogen-bond donors (Lipinski definition) is 2. The summed E-state index contributed by atoms with van der Waals surface area (Å²) in [6.45, 7) is 0.544. The molecule has 4 heteroatoms. The van der Waals surface area contributed by atoms with E-state index in [4.69, 9.17) is 10.2 Å². The molecule has 1 aromatic heterocycles. The van der Waals surface area contributed by atoms with E-state index < -0.39 is 5.76 Å². The van der Waals surface area contributed by atoms with Crippen molar-refractivity contribution in [2.24, 2.45) is 5.73 Å². The van der Waals surface area contributed by atoms with Crippen LogP contribution in [0.2, 0.25) is 0 Å². The summed E-state index contributed by atoms with van der Waals surface area (Å²) in [5.41, 5.74) is 10.4. The standard InChI is InChI=1S/C15H14N2O2/c16-9-12-3-1-2-10(7-12)6-11-4-5-14-13(8-11)17-15(18)19-14/h1-5,7-8H,6,9,16H2,(H,17,18). The fourth-order valence-electron chi connectivity index (χ4n) is 2.21. The van der Waals surface area contributed by atoms with Crippen LogP contribution in [0.1, 0.15) is 16.7 Å². The van der Waals surface area contributed by atoms with Gasteiger partial charge in [-0.2, -0.15) is 0 Å². The third-order valence-electron chi connectivity index (χ3n) is 3.12. The van der Waals surface area contributed by atoms with Gasteiger partial charge in [-0.15, -0.1) is 0 Å². The van der Waals surface area contributed by atoms with E-state index in [9.17, 15) is 4.79 Å². The quantitative estimate of drug-likeness (QED) is 0.752. The molecule has 0 aliphatic heterocycles. The molecule has 0 atom stereocenters. The Morgan fingerprint density at radius 3 is 2.68 bits per heavy atom. The summed E-state index contributed by atoms with van der Waals surface area (Å²) in [5, 5.41) is 0. The molecule has 0 unspecified atom stereocenters. The summed E-state index contributed by atoms with van der Waals surface area (Å²) in [5.74, 6) is -0.419. The zero-order valence-corrected chi connectivity index (χ0v) is 10.3. The van der Waals surface area contributed by atoms with Crippen LogP contribution in [0.15, 0.2) is 51.7 Å². The van der Waals surface area contributed by atoms with Gasteiger partial charge in [-0.1, -0.05) is 30.3 Å².